The zero-order valence-electron chi connectivity index (χ0n) is 11.7. The molecule has 0 aliphatic heterocycles. The van der Waals surface area contributed by atoms with Crippen molar-refractivity contribution in [3.63, 3.8) is 0 Å². The van der Waals surface area contributed by atoms with Gasteiger partial charge in [-0.05, 0) is 17.7 Å². The average molecular weight is 279 g/mol. The van der Waals surface area contributed by atoms with Crippen LogP contribution in [0.1, 0.15) is 11.3 Å². The lowest BCUT2D eigenvalue weighted by atomic mass is 10.2. The molecule has 0 N–H and O–H groups in total. The molecule has 4 heteroatoms. The van der Waals surface area contributed by atoms with Crippen LogP contribution < -0.4 is 4.74 Å². The Balaban J connectivity index is 1.51. The molecule has 1 heterocycles. The third-order valence-corrected chi connectivity index (χ3v) is 3.14. The molecule has 0 atom stereocenters. The highest BCUT2D eigenvalue weighted by Crippen LogP contribution is 2.09. The van der Waals surface area contributed by atoms with Crippen LogP contribution in [0.25, 0.3) is 0 Å². The van der Waals surface area contributed by atoms with E-state index in [9.17, 15) is 0 Å². The van der Waals surface area contributed by atoms with Gasteiger partial charge in [0.15, 0.2) is 0 Å². The largest absolute Gasteiger partial charge is 0.493 e. The second-order valence-electron chi connectivity index (χ2n) is 4.80. The molecule has 0 spiro atoms. The summed E-state index contributed by atoms with van der Waals surface area (Å²) in [6.07, 6.45) is 2.73. The van der Waals surface area contributed by atoms with Gasteiger partial charge in [0, 0.05) is 12.6 Å². The number of nitrogens with zero attached hydrogens (tertiary/aromatic N) is 3. The van der Waals surface area contributed by atoms with Crippen LogP contribution >= 0.6 is 0 Å². The smallest absolute Gasteiger partial charge is 0.119 e. The number of para-hydroxylation sites is 1. The summed E-state index contributed by atoms with van der Waals surface area (Å²) in [6.45, 7) is 1.35. The number of hydrogen-bond acceptors (Lipinski definition) is 3. The van der Waals surface area contributed by atoms with E-state index in [0.29, 0.717) is 6.61 Å². The second kappa shape index (κ2) is 6.70. The van der Waals surface area contributed by atoms with Crippen molar-refractivity contribution >= 4 is 0 Å². The zero-order valence-corrected chi connectivity index (χ0v) is 11.7. The molecule has 106 valence electrons. The van der Waals surface area contributed by atoms with Crippen molar-refractivity contribution in [1.82, 2.24) is 15.0 Å². The minimum Gasteiger partial charge on any atom is -0.493 e. The first-order valence-electron chi connectivity index (χ1n) is 7.01. The van der Waals surface area contributed by atoms with Crippen molar-refractivity contribution in [3.05, 3.63) is 78.1 Å². The number of hydrogen-bond donors (Lipinski definition) is 0. The Labute approximate surface area is 124 Å². The molecule has 0 unspecified atom stereocenters. The molecule has 4 nitrogen and oxygen atoms in total. The molecule has 0 aliphatic rings. The maximum Gasteiger partial charge on any atom is 0.119 e. The van der Waals surface area contributed by atoms with Gasteiger partial charge in [-0.3, -0.25) is 0 Å². The molecule has 0 fully saturated rings. The van der Waals surface area contributed by atoms with Crippen LogP contribution in [0.3, 0.4) is 0 Å². The Hall–Kier alpha value is -2.62. The lowest BCUT2D eigenvalue weighted by Gasteiger charge is -2.03. The van der Waals surface area contributed by atoms with Crippen LogP contribution in [-0.4, -0.2) is 21.6 Å². The summed E-state index contributed by atoms with van der Waals surface area (Å²) in [5.74, 6) is 0.883. The molecule has 21 heavy (non-hydrogen) atoms. The molecule has 1 aromatic heterocycles. The Morgan fingerprint density at radius 3 is 2.38 bits per heavy atom. The molecule has 3 aromatic rings. The molecule has 0 saturated carbocycles. The first-order valence-corrected chi connectivity index (χ1v) is 7.01. The first-order chi connectivity index (χ1) is 10.4. The first kappa shape index (κ1) is 13.4. The van der Waals surface area contributed by atoms with Gasteiger partial charge in [-0.15, -0.1) is 5.10 Å². The van der Waals surface area contributed by atoms with Gasteiger partial charge >= 0.3 is 0 Å². The van der Waals surface area contributed by atoms with E-state index in [1.54, 1.807) is 0 Å². The van der Waals surface area contributed by atoms with Crippen LogP contribution in [0, 0.1) is 0 Å². The van der Waals surface area contributed by atoms with Gasteiger partial charge in [0.05, 0.1) is 18.8 Å². The molecule has 0 aliphatic carbocycles. The number of rotatable bonds is 6. The lowest BCUT2D eigenvalue weighted by Crippen LogP contribution is -2.01. The molecule has 0 saturated heterocycles. The Kier molecular flexibility index (Phi) is 4.27. The van der Waals surface area contributed by atoms with Gasteiger partial charge in [0.1, 0.15) is 5.75 Å². The molecule has 0 amide bonds. The molecular weight excluding hydrogens is 262 g/mol. The lowest BCUT2D eigenvalue weighted by molar-refractivity contribution is 0.320. The predicted molar refractivity (Wildman–Crippen MR) is 81.2 cm³/mol. The van der Waals surface area contributed by atoms with Gasteiger partial charge in [0.2, 0.25) is 0 Å². The van der Waals surface area contributed by atoms with Crippen molar-refractivity contribution in [2.75, 3.05) is 6.61 Å². The van der Waals surface area contributed by atoms with E-state index in [-0.39, 0.29) is 0 Å². The minimum atomic E-state index is 0.605. The Bertz CT molecular complexity index is 665. The van der Waals surface area contributed by atoms with Gasteiger partial charge in [-0.1, -0.05) is 53.7 Å². The van der Waals surface area contributed by atoms with Crippen molar-refractivity contribution < 1.29 is 4.74 Å². The SMILES string of the molecule is c1ccc(Cn2cc(CCOc3ccccc3)nn2)cc1. The van der Waals surface area contributed by atoms with Crippen molar-refractivity contribution in [3.8, 4) is 5.75 Å². The van der Waals surface area contributed by atoms with E-state index in [1.807, 2.05) is 59.4 Å². The summed E-state index contributed by atoms with van der Waals surface area (Å²) in [7, 11) is 0. The molecular formula is C17H17N3O. The normalized spacial score (nSPS) is 10.5. The van der Waals surface area contributed by atoms with E-state index in [1.165, 1.54) is 5.56 Å². The fourth-order valence-electron chi connectivity index (χ4n) is 2.09. The highest BCUT2D eigenvalue weighted by molar-refractivity contribution is 5.21. The van der Waals surface area contributed by atoms with Crippen LogP contribution in [0.15, 0.2) is 66.9 Å². The Morgan fingerprint density at radius 1 is 0.905 bits per heavy atom. The summed E-state index contributed by atoms with van der Waals surface area (Å²) >= 11 is 0. The highest BCUT2D eigenvalue weighted by atomic mass is 16.5. The maximum absolute atomic E-state index is 5.66. The fourth-order valence-corrected chi connectivity index (χ4v) is 2.09. The standard InChI is InChI=1S/C17H17N3O/c1-3-7-15(8-4-1)13-20-14-16(18-19-20)11-12-21-17-9-5-2-6-10-17/h1-10,14H,11-13H2. The van der Waals surface area contributed by atoms with E-state index in [0.717, 1.165) is 24.4 Å². The highest BCUT2D eigenvalue weighted by Gasteiger charge is 2.02. The van der Waals surface area contributed by atoms with E-state index >= 15 is 0 Å². The van der Waals surface area contributed by atoms with Crippen LogP contribution in [0.2, 0.25) is 0 Å². The summed E-state index contributed by atoms with van der Waals surface area (Å²) < 4.78 is 7.51. The fraction of sp³-hybridized carbons (Fsp3) is 0.176. The van der Waals surface area contributed by atoms with Gasteiger partial charge in [-0.2, -0.15) is 0 Å². The van der Waals surface area contributed by atoms with Crippen molar-refractivity contribution in [2.24, 2.45) is 0 Å². The summed E-state index contributed by atoms with van der Waals surface area (Å²) in [6, 6.07) is 20.0. The number of aromatic nitrogens is 3. The third-order valence-electron chi connectivity index (χ3n) is 3.14. The number of ether oxygens (including phenoxy) is 1. The van der Waals surface area contributed by atoms with Gasteiger partial charge in [0.25, 0.3) is 0 Å². The van der Waals surface area contributed by atoms with Gasteiger partial charge in [-0.25, -0.2) is 4.68 Å². The van der Waals surface area contributed by atoms with Crippen LogP contribution in [0.5, 0.6) is 5.75 Å². The molecule has 0 bridgehead atoms. The predicted octanol–water partition coefficient (Wildman–Crippen LogP) is 2.95. The van der Waals surface area contributed by atoms with E-state index < -0.39 is 0 Å². The maximum atomic E-state index is 5.66. The molecule has 0 radical (unpaired) electrons. The average Bonchev–Trinajstić information content (AvgIpc) is 2.97. The molecule has 2 aromatic carbocycles. The second-order valence-corrected chi connectivity index (χ2v) is 4.80. The Morgan fingerprint density at radius 2 is 1.62 bits per heavy atom. The monoisotopic (exact) mass is 279 g/mol. The summed E-state index contributed by atoms with van der Waals surface area (Å²) in [5, 5.41) is 8.32. The minimum absolute atomic E-state index is 0.605. The number of benzene rings is 2. The quantitative estimate of drug-likeness (QED) is 0.696. The van der Waals surface area contributed by atoms with E-state index in [4.69, 9.17) is 4.74 Å². The molecule has 3 rings (SSSR count). The zero-order chi connectivity index (χ0) is 14.3. The van der Waals surface area contributed by atoms with Crippen LogP contribution in [0.4, 0.5) is 0 Å². The summed E-state index contributed by atoms with van der Waals surface area (Å²) in [4.78, 5) is 0. The topological polar surface area (TPSA) is 39.9 Å². The van der Waals surface area contributed by atoms with Gasteiger partial charge < -0.3 is 4.74 Å². The third kappa shape index (κ3) is 3.92. The van der Waals surface area contributed by atoms with Crippen molar-refractivity contribution in [2.45, 2.75) is 13.0 Å². The van der Waals surface area contributed by atoms with E-state index in [2.05, 4.69) is 22.4 Å². The summed E-state index contributed by atoms with van der Waals surface area (Å²) in [5.41, 5.74) is 2.16. The van der Waals surface area contributed by atoms with Crippen LogP contribution in [-0.2, 0) is 13.0 Å². The van der Waals surface area contributed by atoms with Crippen molar-refractivity contribution in [1.29, 1.82) is 0 Å².